The van der Waals surface area contributed by atoms with Crippen molar-refractivity contribution in [2.75, 3.05) is 7.11 Å². The van der Waals surface area contributed by atoms with Gasteiger partial charge in [-0.2, -0.15) is 0 Å². The summed E-state index contributed by atoms with van der Waals surface area (Å²) < 4.78 is 16.7. The van der Waals surface area contributed by atoms with Crippen molar-refractivity contribution >= 4 is 11.6 Å². The molecule has 3 nitrogen and oxygen atoms in total. The van der Waals surface area contributed by atoms with E-state index in [9.17, 15) is 0 Å². The molecular weight excluding hydrogens is 336 g/mol. The molecule has 0 unspecified atom stereocenters. The molecule has 2 aromatic heterocycles. The Morgan fingerprint density at radius 3 is 1.64 bits per heavy atom. The maximum absolute atomic E-state index is 5.99. The lowest BCUT2D eigenvalue weighted by Crippen LogP contribution is -1.84. The first-order valence-electron chi connectivity index (χ1n) is 7.82. The molecular formula is C21H15ClO3. The summed E-state index contributed by atoms with van der Waals surface area (Å²) in [6.07, 6.45) is 3.34. The molecule has 4 aromatic rings. The first-order chi connectivity index (χ1) is 12.3. The van der Waals surface area contributed by atoms with Gasteiger partial charge in [0, 0.05) is 16.1 Å². The molecule has 0 amide bonds. The Kier molecular flexibility index (Phi) is 4.08. The minimum Gasteiger partial charge on any atom is -0.497 e. The summed E-state index contributed by atoms with van der Waals surface area (Å²) in [5.74, 6) is 2.20. The Balaban J connectivity index is 1.78. The zero-order valence-corrected chi connectivity index (χ0v) is 14.3. The maximum atomic E-state index is 5.99. The molecule has 0 aliphatic rings. The van der Waals surface area contributed by atoms with Crippen LogP contribution in [0.5, 0.6) is 5.75 Å². The molecule has 0 fully saturated rings. The number of rotatable bonds is 4. The molecule has 0 saturated carbocycles. The molecule has 0 saturated heterocycles. The Morgan fingerprint density at radius 1 is 0.680 bits per heavy atom. The van der Waals surface area contributed by atoms with Crippen LogP contribution in [0.1, 0.15) is 0 Å². The van der Waals surface area contributed by atoms with E-state index >= 15 is 0 Å². The van der Waals surface area contributed by atoms with Gasteiger partial charge in [-0.25, -0.2) is 0 Å². The van der Waals surface area contributed by atoms with Gasteiger partial charge < -0.3 is 13.6 Å². The SMILES string of the molecule is COc1ccc(-c2ccoc2-c2occc2-c2ccc(Cl)cc2)cc1. The molecule has 0 spiro atoms. The van der Waals surface area contributed by atoms with Gasteiger partial charge in [0.1, 0.15) is 5.75 Å². The molecule has 0 aliphatic carbocycles. The second-order valence-corrected chi connectivity index (χ2v) is 6.00. The topological polar surface area (TPSA) is 35.5 Å². The molecule has 4 heteroatoms. The summed E-state index contributed by atoms with van der Waals surface area (Å²) in [5, 5.41) is 0.700. The Bertz CT molecular complexity index is 979. The Hall–Kier alpha value is -2.91. The highest BCUT2D eigenvalue weighted by Gasteiger charge is 2.19. The molecule has 4 rings (SSSR count). The third kappa shape index (κ3) is 2.94. The smallest absolute Gasteiger partial charge is 0.177 e. The van der Waals surface area contributed by atoms with Crippen LogP contribution >= 0.6 is 11.6 Å². The molecule has 0 radical (unpaired) electrons. The highest BCUT2D eigenvalue weighted by Crippen LogP contribution is 2.40. The molecule has 0 N–H and O–H groups in total. The van der Waals surface area contributed by atoms with Crippen molar-refractivity contribution in [3.8, 4) is 39.5 Å². The highest BCUT2D eigenvalue weighted by molar-refractivity contribution is 6.30. The number of hydrogen-bond donors (Lipinski definition) is 0. The van der Waals surface area contributed by atoms with Gasteiger partial charge in [0.05, 0.1) is 19.6 Å². The molecule has 25 heavy (non-hydrogen) atoms. The lowest BCUT2D eigenvalue weighted by atomic mass is 10.0. The van der Waals surface area contributed by atoms with Crippen molar-refractivity contribution in [3.63, 3.8) is 0 Å². The molecule has 2 heterocycles. The third-order valence-electron chi connectivity index (χ3n) is 4.09. The highest BCUT2D eigenvalue weighted by atomic mass is 35.5. The van der Waals surface area contributed by atoms with E-state index in [0.717, 1.165) is 28.0 Å². The van der Waals surface area contributed by atoms with E-state index in [1.165, 1.54) is 0 Å². The second kappa shape index (κ2) is 6.54. The van der Waals surface area contributed by atoms with Crippen LogP contribution in [-0.4, -0.2) is 7.11 Å². The first kappa shape index (κ1) is 15.6. The summed E-state index contributed by atoms with van der Waals surface area (Å²) in [6, 6.07) is 19.4. The van der Waals surface area contributed by atoms with E-state index < -0.39 is 0 Å². The van der Waals surface area contributed by atoms with Gasteiger partial charge in [0.25, 0.3) is 0 Å². The summed E-state index contributed by atoms with van der Waals surface area (Å²) in [7, 11) is 1.65. The predicted octanol–water partition coefficient (Wildman–Crippen LogP) is 6.54. The van der Waals surface area contributed by atoms with Crippen molar-refractivity contribution in [2.24, 2.45) is 0 Å². The van der Waals surface area contributed by atoms with Crippen LogP contribution in [0.4, 0.5) is 0 Å². The van der Waals surface area contributed by atoms with Crippen LogP contribution in [0.25, 0.3) is 33.8 Å². The van der Waals surface area contributed by atoms with E-state index in [2.05, 4.69) is 0 Å². The maximum Gasteiger partial charge on any atom is 0.177 e. The first-order valence-corrected chi connectivity index (χ1v) is 8.20. The lowest BCUT2D eigenvalue weighted by molar-refractivity contribution is 0.415. The van der Waals surface area contributed by atoms with Crippen LogP contribution in [-0.2, 0) is 0 Å². The molecule has 124 valence electrons. The van der Waals surface area contributed by atoms with Crippen LogP contribution in [0.2, 0.25) is 5.02 Å². The van der Waals surface area contributed by atoms with E-state index in [-0.39, 0.29) is 0 Å². The number of furan rings is 2. The number of halogens is 1. The van der Waals surface area contributed by atoms with Gasteiger partial charge in [-0.15, -0.1) is 0 Å². The summed E-state index contributed by atoms with van der Waals surface area (Å²) in [4.78, 5) is 0. The van der Waals surface area contributed by atoms with Crippen LogP contribution in [0.3, 0.4) is 0 Å². The zero-order chi connectivity index (χ0) is 17.2. The number of ether oxygens (including phenoxy) is 1. The van der Waals surface area contributed by atoms with Gasteiger partial charge in [0.15, 0.2) is 11.5 Å². The van der Waals surface area contributed by atoms with E-state index in [1.807, 2.05) is 60.7 Å². The Morgan fingerprint density at radius 2 is 1.16 bits per heavy atom. The normalized spacial score (nSPS) is 10.8. The number of benzene rings is 2. The molecule has 0 aliphatic heterocycles. The third-order valence-corrected chi connectivity index (χ3v) is 4.34. The largest absolute Gasteiger partial charge is 0.497 e. The van der Waals surface area contributed by atoms with Crippen molar-refractivity contribution in [1.82, 2.24) is 0 Å². The Labute approximate surface area is 150 Å². The fourth-order valence-electron chi connectivity index (χ4n) is 2.82. The predicted molar refractivity (Wildman–Crippen MR) is 98.8 cm³/mol. The zero-order valence-electron chi connectivity index (χ0n) is 13.5. The molecule has 2 aromatic carbocycles. The summed E-state index contributed by atoms with van der Waals surface area (Å²) >= 11 is 5.99. The van der Waals surface area contributed by atoms with Gasteiger partial charge in [-0.3, -0.25) is 0 Å². The van der Waals surface area contributed by atoms with E-state index in [0.29, 0.717) is 16.5 Å². The van der Waals surface area contributed by atoms with Crippen LogP contribution in [0, 0.1) is 0 Å². The summed E-state index contributed by atoms with van der Waals surface area (Å²) in [6.45, 7) is 0. The molecule has 0 atom stereocenters. The number of methoxy groups -OCH3 is 1. The quantitative estimate of drug-likeness (QED) is 0.419. The average Bonchev–Trinajstić information content (AvgIpc) is 3.31. The summed E-state index contributed by atoms with van der Waals surface area (Å²) in [5.41, 5.74) is 3.97. The fraction of sp³-hybridized carbons (Fsp3) is 0.0476. The van der Waals surface area contributed by atoms with E-state index in [4.69, 9.17) is 25.2 Å². The van der Waals surface area contributed by atoms with Crippen molar-refractivity contribution in [2.45, 2.75) is 0 Å². The number of hydrogen-bond acceptors (Lipinski definition) is 3. The van der Waals surface area contributed by atoms with Crippen molar-refractivity contribution < 1.29 is 13.6 Å². The van der Waals surface area contributed by atoms with Gasteiger partial charge in [0.2, 0.25) is 0 Å². The minimum atomic E-state index is 0.693. The second-order valence-electron chi connectivity index (χ2n) is 5.56. The lowest BCUT2D eigenvalue weighted by Gasteiger charge is -2.05. The van der Waals surface area contributed by atoms with Gasteiger partial charge in [-0.05, 0) is 47.5 Å². The monoisotopic (exact) mass is 350 g/mol. The minimum absolute atomic E-state index is 0.693. The average molecular weight is 351 g/mol. The van der Waals surface area contributed by atoms with Crippen LogP contribution in [0.15, 0.2) is 82.0 Å². The van der Waals surface area contributed by atoms with Crippen molar-refractivity contribution in [3.05, 3.63) is 78.2 Å². The molecule has 0 bridgehead atoms. The standard InChI is InChI=1S/C21H15ClO3/c1-23-17-8-4-15(5-9-17)19-11-13-25-21(19)20-18(10-12-24-20)14-2-6-16(22)7-3-14/h2-13H,1H3. The van der Waals surface area contributed by atoms with Gasteiger partial charge in [-0.1, -0.05) is 35.9 Å². The van der Waals surface area contributed by atoms with E-state index in [1.54, 1.807) is 19.6 Å². The van der Waals surface area contributed by atoms with Crippen LogP contribution < -0.4 is 4.74 Å². The van der Waals surface area contributed by atoms with Crippen molar-refractivity contribution in [1.29, 1.82) is 0 Å². The van der Waals surface area contributed by atoms with Gasteiger partial charge >= 0.3 is 0 Å². The fourth-order valence-corrected chi connectivity index (χ4v) is 2.95.